The number of nitrogen functional groups attached to an aromatic ring is 1. The molecule has 2 atom stereocenters. The zero-order chi connectivity index (χ0) is 24.1. The van der Waals surface area contributed by atoms with Gasteiger partial charge in [0.25, 0.3) is 5.91 Å². The van der Waals surface area contributed by atoms with E-state index in [0.717, 1.165) is 0 Å². The number of aliphatic hydroxyl groups is 1. The number of carbonyl (C=O) groups excluding carboxylic acids is 1. The molecule has 2 unspecified atom stereocenters. The number of benzene rings is 1. The maximum Gasteiger partial charge on any atom is 0.261 e. The van der Waals surface area contributed by atoms with E-state index in [4.69, 9.17) is 17.3 Å². The molecule has 1 aromatic heterocycles. The van der Waals surface area contributed by atoms with Gasteiger partial charge in [0.05, 0.1) is 22.1 Å². The van der Waals surface area contributed by atoms with Crippen molar-refractivity contribution in [3.8, 4) is 0 Å². The van der Waals surface area contributed by atoms with Gasteiger partial charge in [0.1, 0.15) is 17.2 Å². The second-order valence-corrected chi connectivity index (χ2v) is 12.1. The molecule has 0 bridgehead atoms. The van der Waals surface area contributed by atoms with E-state index >= 15 is 0 Å². The number of amides is 1. The van der Waals surface area contributed by atoms with Crippen LogP contribution < -0.4 is 11.1 Å². The number of hydrogen-bond acceptors (Lipinski definition) is 6. The monoisotopic (exact) mass is 498 g/mol. The van der Waals surface area contributed by atoms with E-state index in [1.165, 1.54) is 22.9 Å². The standard InChI is InChI=1S/C22H28ClFN4O4S/c1-3-33(31,32)11-22(30)9-13-6-12(7-14(13)10-22)19-18(20(25)28(2)27-19)21(29)26-15-4-5-17(24)16(23)8-15/h4-5,8,12-14,30H,3,6-7,9-11,25H2,1-2H3,(H,26,29). The number of aromatic nitrogens is 2. The molecule has 2 aliphatic rings. The minimum atomic E-state index is -3.28. The van der Waals surface area contributed by atoms with Gasteiger partial charge in [0.2, 0.25) is 0 Å². The minimum absolute atomic E-state index is 0.0121. The lowest BCUT2D eigenvalue weighted by molar-refractivity contribution is 0.0612. The summed E-state index contributed by atoms with van der Waals surface area (Å²) in [6.45, 7) is 1.59. The molecular weight excluding hydrogens is 471 g/mol. The van der Waals surface area contributed by atoms with Crippen LogP contribution in [-0.4, -0.2) is 46.3 Å². The normalized spacial score (nSPS) is 27.0. The Morgan fingerprint density at radius 2 is 2.00 bits per heavy atom. The lowest BCUT2D eigenvalue weighted by Gasteiger charge is -2.24. The summed E-state index contributed by atoms with van der Waals surface area (Å²) >= 11 is 5.81. The Kier molecular flexibility index (Phi) is 6.22. The zero-order valence-corrected chi connectivity index (χ0v) is 20.1. The molecule has 33 heavy (non-hydrogen) atoms. The number of nitrogens with one attached hydrogen (secondary N) is 1. The van der Waals surface area contributed by atoms with Crippen molar-refractivity contribution >= 4 is 38.9 Å². The maximum absolute atomic E-state index is 13.4. The summed E-state index contributed by atoms with van der Waals surface area (Å²) in [6, 6.07) is 3.91. The highest BCUT2D eigenvalue weighted by Gasteiger charge is 2.51. The van der Waals surface area contributed by atoms with E-state index < -0.39 is 27.2 Å². The first kappa shape index (κ1) is 24.0. The molecule has 0 aliphatic heterocycles. The number of hydrogen-bond donors (Lipinski definition) is 3. The summed E-state index contributed by atoms with van der Waals surface area (Å²) in [5, 5.41) is 18.0. The average molecular weight is 499 g/mol. The van der Waals surface area contributed by atoms with Crippen LogP contribution in [0, 0.1) is 17.7 Å². The van der Waals surface area contributed by atoms with Crippen LogP contribution in [0.2, 0.25) is 5.02 Å². The second kappa shape index (κ2) is 8.56. The van der Waals surface area contributed by atoms with E-state index in [1.54, 1.807) is 14.0 Å². The van der Waals surface area contributed by atoms with Crippen LogP contribution >= 0.6 is 11.6 Å². The van der Waals surface area contributed by atoms with Crippen molar-refractivity contribution in [2.24, 2.45) is 18.9 Å². The highest BCUT2D eigenvalue weighted by molar-refractivity contribution is 7.91. The van der Waals surface area contributed by atoms with Crippen LogP contribution in [0.4, 0.5) is 15.9 Å². The van der Waals surface area contributed by atoms with Gasteiger partial charge in [-0.2, -0.15) is 5.10 Å². The van der Waals surface area contributed by atoms with Gasteiger partial charge in [0, 0.05) is 24.4 Å². The van der Waals surface area contributed by atoms with E-state index in [-0.39, 0.29) is 45.7 Å². The quantitative estimate of drug-likeness (QED) is 0.561. The van der Waals surface area contributed by atoms with Crippen molar-refractivity contribution in [2.45, 2.75) is 44.1 Å². The molecule has 1 aromatic carbocycles. The molecule has 2 aromatic rings. The van der Waals surface area contributed by atoms with E-state index in [2.05, 4.69) is 10.4 Å². The lowest BCUT2D eigenvalue weighted by atomic mass is 9.92. The van der Waals surface area contributed by atoms with Gasteiger partial charge in [-0.05, 0) is 55.7 Å². The number of halogens is 2. The van der Waals surface area contributed by atoms with Crippen LogP contribution in [0.15, 0.2) is 18.2 Å². The first-order valence-corrected chi connectivity index (χ1v) is 13.1. The molecule has 0 saturated heterocycles. The molecule has 8 nitrogen and oxygen atoms in total. The molecule has 2 aliphatic carbocycles. The summed E-state index contributed by atoms with van der Waals surface area (Å²) in [5.41, 5.74) is 6.17. The van der Waals surface area contributed by atoms with Crippen molar-refractivity contribution < 1.29 is 22.7 Å². The third-order valence-electron chi connectivity index (χ3n) is 6.96. The molecular formula is C22H28ClFN4O4S. The average Bonchev–Trinajstić information content (AvgIpc) is 3.33. The lowest BCUT2D eigenvalue weighted by Crippen LogP contribution is -2.35. The van der Waals surface area contributed by atoms with Crippen molar-refractivity contribution in [3.63, 3.8) is 0 Å². The molecule has 0 radical (unpaired) electrons. The van der Waals surface area contributed by atoms with Gasteiger partial charge < -0.3 is 16.2 Å². The fourth-order valence-electron chi connectivity index (χ4n) is 5.47. The molecule has 1 amide bonds. The van der Waals surface area contributed by atoms with Crippen molar-refractivity contribution in [3.05, 3.63) is 40.3 Å². The minimum Gasteiger partial charge on any atom is -0.389 e. The number of anilines is 2. The zero-order valence-electron chi connectivity index (χ0n) is 18.5. The molecule has 2 fully saturated rings. The van der Waals surface area contributed by atoms with Crippen LogP contribution in [0.1, 0.15) is 54.6 Å². The smallest absolute Gasteiger partial charge is 0.261 e. The first-order valence-electron chi connectivity index (χ1n) is 10.9. The Morgan fingerprint density at radius 1 is 1.36 bits per heavy atom. The molecule has 4 N–H and O–H groups in total. The third-order valence-corrected chi connectivity index (χ3v) is 9.11. The van der Waals surface area contributed by atoms with Gasteiger partial charge in [-0.15, -0.1) is 0 Å². The molecule has 4 rings (SSSR count). The Labute approximate surface area is 197 Å². The number of fused-ring (bicyclic) bond motifs is 1. The third kappa shape index (κ3) is 4.74. The van der Waals surface area contributed by atoms with E-state index in [1.807, 2.05) is 0 Å². The summed E-state index contributed by atoms with van der Waals surface area (Å²) in [4.78, 5) is 13.1. The van der Waals surface area contributed by atoms with Crippen LogP contribution in [0.25, 0.3) is 0 Å². The molecule has 11 heteroatoms. The molecule has 1 heterocycles. The molecule has 0 spiro atoms. The maximum atomic E-state index is 13.4. The SMILES string of the molecule is CCS(=O)(=O)CC1(O)CC2CC(c3nn(C)c(N)c3C(=O)Nc3ccc(F)c(Cl)c3)CC2C1. The number of aryl methyl sites for hydroxylation is 1. The highest BCUT2D eigenvalue weighted by Crippen LogP contribution is 2.54. The van der Waals surface area contributed by atoms with Crippen LogP contribution in [0.5, 0.6) is 0 Å². The largest absolute Gasteiger partial charge is 0.389 e. The molecule has 180 valence electrons. The van der Waals surface area contributed by atoms with Gasteiger partial charge in [-0.1, -0.05) is 18.5 Å². The number of carbonyl (C=O) groups is 1. The Bertz CT molecular complexity index is 1190. The second-order valence-electron chi connectivity index (χ2n) is 9.35. The Hall–Kier alpha value is -2.17. The predicted octanol–water partition coefficient (Wildman–Crippen LogP) is 3.12. The van der Waals surface area contributed by atoms with Gasteiger partial charge >= 0.3 is 0 Å². The van der Waals surface area contributed by atoms with Crippen molar-refractivity contribution in [2.75, 3.05) is 22.6 Å². The van der Waals surface area contributed by atoms with Gasteiger partial charge in [0.15, 0.2) is 9.84 Å². The highest BCUT2D eigenvalue weighted by atomic mass is 35.5. The fourth-order valence-corrected chi connectivity index (χ4v) is 6.91. The molecule has 2 saturated carbocycles. The number of nitrogens with two attached hydrogens (primary N) is 1. The Morgan fingerprint density at radius 3 is 2.58 bits per heavy atom. The van der Waals surface area contributed by atoms with E-state index in [0.29, 0.717) is 37.1 Å². The van der Waals surface area contributed by atoms with Gasteiger partial charge in [-0.3, -0.25) is 9.48 Å². The van der Waals surface area contributed by atoms with Crippen molar-refractivity contribution in [1.29, 1.82) is 0 Å². The van der Waals surface area contributed by atoms with Crippen LogP contribution in [-0.2, 0) is 16.9 Å². The number of rotatable bonds is 6. The summed E-state index contributed by atoms with van der Waals surface area (Å²) in [5.74, 6) is -0.742. The Balaban J connectivity index is 1.52. The number of sulfone groups is 1. The first-order chi connectivity index (χ1) is 15.4. The summed E-state index contributed by atoms with van der Waals surface area (Å²) < 4.78 is 39.0. The predicted molar refractivity (Wildman–Crippen MR) is 124 cm³/mol. The van der Waals surface area contributed by atoms with E-state index in [9.17, 15) is 22.7 Å². The fraction of sp³-hybridized carbons (Fsp3) is 0.545. The summed E-state index contributed by atoms with van der Waals surface area (Å²) in [6.07, 6.45) is 2.23. The van der Waals surface area contributed by atoms with Crippen molar-refractivity contribution in [1.82, 2.24) is 9.78 Å². The summed E-state index contributed by atoms with van der Waals surface area (Å²) in [7, 11) is -1.62. The van der Waals surface area contributed by atoms with Gasteiger partial charge in [-0.25, -0.2) is 12.8 Å². The number of nitrogens with zero attached hydrogens (tertiary/aromatic N) is 2. The topological polar surface area (TPSA) is 127 Å². The van der Waals surface area contributed by atoms with Crippen LogP contribution in [0.3, 0.4) is 0 Å².